The van der Waals surface area contributed by atoms with Gasteiger partial charge in [-0.25, -0.2) is 4.99 Å². The lowest BCUT2D eigenvalue weighted by Crippen LogP contribution is -2.47. The molecular weight excluding hydrogens is 733 g/mol. The van der Waals surface area contributed by atoms with E-state index in [1.165, 1.54) is 90.1 Å². The molecular formula is C51H36N4S2. The summed E-state index contributed by atoms with van der Waals surface area (Å²) in [5.41, 5.74) is 8.53. The molecule has 0 saturated heterocycles. The van der Waals surface area contributed by atoms with Gasteiger partial charge in [0.2, 0.25) is 0 Å². The van der Waals surface area contributed by atoms with Gasteiger partial charge in [0.05, 0.1) is 11.0 Å². The Hall–Kier alpha value is -6.31. The molecule has 3 unspecified atom stereocenters. The highest BCUT2D eigenvalue weighted by molar-refractivity contribution is 7.26. The molecule has 2 aliphatic rings. The average molecular weight is 769 g/mol. The molecule has 6 heteroatoms. The van der Waals surface area contributed by atoms with Crippen LogP contribution in [0.15, 0.2) is 181 Å². The summed E-state index contributed by atoms with van der Waals surface area (Å²) in [5, 5.41) is 15.4. The van der Waals surface area contributed by atoms with E-state index in [-0.39, 0.29) is 18.2 Å². The second kappa shape index (κ2) is 13.1. The van der Waals surface area contributed by atoms with Crippen molar-refractivity contribution in [3.63, 3.8) is 0 Å². The van der Waals surface area contributed by atoms with Crippen molar-refractivity contribution in [3.05, 3.63) is 187 Å². The van der Waals surface area contributed by atoms with Crippen LogP contribution in [0.25, 0.3) is 79.0 Å². The highest BCUT2D eigenvalue weighted by Gasteiger charge is 2.28. The number of amidine groups is 1. The summed E-state index contributed by atoms with van der Waals surface area (Å²) in [4.78, 5) is 5.21. The first-order valence-corrected chi connectivity index (χ1v) is 21.3. The van der Waals surface area contributed by atoms with Crippen LogP contribution in [-0.4, -0.2) is 10.4 Å². The molecule has 0 fully saturated rings. The fourth-order valence-electron chi connectivity index (χ4n) is 9.07. The first-order chi connectivity index (χ1) is 28.2. The van der Waals surface area contributed by atoms with E-state index in [9.17, 15) is 0 Å². The summed E-state index contributed by atoms with van der Waals surface area (Å²) in [6, 6.07) is 55.9. The number of aliphatic imine (C=N–C) groups is 1. The van der Waals surface area contributed by atoms with E-state index in [1.807, 2.05) is 22.7 Å². The van der Waals surface area contributed by atoms with Crippen LogP contribution in [-0.2, 0) is 0 Å². The van der Waals surface area contributed by atoms with Gasteiger partial charge >= 0.3 is 0 Å². The molecule has 4 heterocycles. The van der Waals surface area contributed by atoms with Gasteiger partial charge in [-0.05, 0) is 89.3 Å². The number of hydrogen-bond donors (Lipinski definition) is 2. The van der Waals surface area contributed by atoms with E-state index in [0.717, 1.165) is 12.3 Å². The van der Waals surface area contributed by atoms with Crippen molar-refractivity contribution in [1.29, 1.82) is 0 Å². The molecule has 1 aliphatic heterocycles. The molecule has 12 rings (SSSR count). The summed E-state index contributed by atoms with van der Waals surface area (Å²) in [6.45, 7) is 0. The van der Waals surface area contributed by atoms with Gasteiger partial charge in [-0.3, -0.25) is 5.32 Å². The van der Waals surface area contributed by atoms with Crippen LogP contribution in [0.3, 0.4) is 0 Å². The van der Waals surface area contributed by atoms with E-state index in [4.69, 9.17) is 4.99 Å². The standard InChI is InChI=1S/C51H36N4S2/c1-3-12-31(13-4-1)49-52-50(32-14-5-2-6-15-32)54-51(53-49)34-23-26-46-41(29-34)48-36(18-11-21-47(48)57-46)33-22-25-44-39(28-33)40-30-35(24-27-45(40)56-44)55-42-19-9-7-16-37(42)38-17-8-10-20-43(38)55/h1-14,16-30,32,49,51,53H,15H2,(H,52,54). The van der Waals surface area contributed by atoms with Crippen molar-refractivity contribution in [3.8, 4) is 16.8 Å². The maximum absolute atomic E-state index is 5.21. The number of nitrogens with zero attached hydrogens (tertiary/aromatic N) is 2. The zero-order valence-corrected chi connectivity index (χ0v) is 32.5. The average Bonchev–Trinajstić information content (AvgIpc) is 3.95. The van der Waals surface area contributed by atoms with Gasteiger partial charge in [-0.15, -0.1) is 22.7 Å². The van der Waals surface area contributed by atoms with Crippen LogP contribution in [0, 0.1) is 5.92 Å². The lowest BCUT2D eigenvalue weighted by Gasteiger charge is -2.34. The van der Waals surface area contributed by atoms with Crippen LogP contribution in [0.2, 0.25) is 0 Å². The Labute approximate surface area is 337 Å². The maximum atomic E-state index is 5.21. The van der Waals surface area contributed by atoms with Crippen LogP contribution in [0.5, 0.6) is 0 Å². The third kappa shape index (κ3) is 5.40. The molecule has 0 radical (unpaired) electrons. The van der Waals surface area contributed by atoms with Gasteiger partial charge in [0.15, 0.2) is 0 Å². The fraction of sp³-hybridized carbons (Fsp3) is 0.0784. The fourth-order valence-corrected chi connectivity index (χ4v) is 11.2. The molecule has 0 amide bonds. The summed E-state index contributed by atoms with van der Waals surface area (Å²) in [7, 11) is 0. The van der Waals surface area contributed by atoms with Crippen molar-refractivity contribution in [2.45, 2.75) is 18.8 Å². The normalized spacial score (nSPS) is 18.3. The van der Waals surface area contributed by atoms with E-state index in [0.29, 0.717) is 0 Å². The van der Waals surface area contributed by atoms with Crippen molar-refractivity contribution >= 4 is 90.7 Å². The minimum Gasteiger partial charge on any atom is -0.354 e. The van der Waals surface area contributed by atoms with E-state index in [2.05, 4.69) is 191 Å². The van der Waals surface area contributed by atoms with E-state index >= 15 is 0 Å². The third-order valence-corrected chi connectivity index (χ3v) is 14.1. The molecule has 57 heavy (non-hydrogen) atoms. The topological polar surface area (TPSA) is 41.4 Å². The summed E-state index contributed by atoms with van der Waals surface area (Å²) in [6.07, 6.45) is 9.47. The Bertz CT molecular complexity index is 3250. The zero-order valence-electron chi connectivity index (χ0n) is 30.9. The third-order valence-electron chi connectivity index (χ3n) is 11.8. The Morgan fingerprint density at radius 2 is 1.28 bits per heavy atom. The minimum absolute atomic E-state index is 0.0919. The Balaban J connectivity index is 0.972. The van der Waals surface area contributed by atoms with Crippen molar-refractivity contribution < 1.29 is 0 Å². The van der Waals surface area contributed by atoms with Crippen LogP contribution < -0.4 is 10.6 Å². The molecule has 0 spiro atoms. The molecule has 7 aromatic carbocycles. The summed E-state index contributed by atoms with van der Waals surface area (Å²) >= 11 is 3.75. The molecule has 4 nitrogen and oxygen atoms in total. The van der Waals surface area contributed by atoms with Crippen LogP contribution in [0.1, 0.15) is 29.9 Å². The predicted octanol–water partition coefficient (Wildman–Crippen LogP) is 13.6. The Morgan fingerprint density at radius 3 is 2.09 bits per heavy atom. The predicted molar refractivity (Wildman–Crippen MR) is 244 cm³/mol. The van der Waals surface area contributed by atoms with Crippen molar-refractivity contribution in [2.75, 3.05) is 0 Å². The lowest BCUT2D eigenvalue weighted by molar-refractivity contribution is 0.400. The van der Waals surface area contributed by atoms with Crippen LogP contribution >= 0.6 is 22.7 Å². The molecule has 272 valence electrons. The van der Waals surface area contributed by atoms with Gasteiger partial charge in [-0.2, -0.15) is 0 Å². The lowest BCUT2D eigenvalue weighted by atomic mass is 9.96. The number of para-hydroxylation sites is 2. The zero-order chi connectivity index (χ0) is 37.5. The highest BCUT2D eigenvalue weighted by Crippen LogP contribution is 2.44. The van der Waals surface area contributed by atoms with E-state index in [1.54, 1.807) is 0 Å². The second-order valence-electron chi connectivity index (χ2n) is 15.1. The summed E-state index contributed by atoms with van der Waals surface area (Å²) in [5.74, 6) is 1.26. The van der Waals surface area contributed by atoms with Crippen LogP contribution in [0.4, 0.5) is 0 Å². The summed E-state index contributed by atoms with van der Waals surface area (Å²) < 4.78 is 7.63. The maximum Gasteiger partial charge on any atom is 0.129 e. The minimum atomic E-state index is -0.139. The van der Waals surface area contributed by atoms with E-state index < -0.39 is 0 Å². The van der Waals surface area contributed by atoms with Crippen molar-refractivity contribution in [1.82, 2.24) is 15.2 Å². The Morgan fingerprint density at radius 1 is 0.561 bits per heavy atom. The van der Waals surface area contributed by atoms with Gasteiger partial charge < -0.3 is 9.88 Å². The largest absolute Gasteiger partial charge is 0.354 e. The van der Waals surface area contributed by atoms with Gasteiger partial charge in [0.1, 0.15) is 18.2 Å². The molecule has 1 aliphatic carbocycles. The molecule has 0 saturated carbocycles. The van der Waals surface area contributed by atoms with Gasteiger partial charge in [0, 0.05) is 62.7 Å². The smallest absolute Gasteiger partial charge is 0.129 e. The van der Waals surface area contributed by atoms with Gasteiger partial charge in [-0.1, -0.05) is 115 Å². The molecule has 3 atom stereocenters. The molecule has 3 aromatic heterocycles. The highest BCUT2D eigenvalue weighted by atomic mass is 32.1. The quantitative estimate of drug-likeness (QED) is 0.183. The first-order valence-electron chi connectivity index (χ1n) is 19.6. The number of benzene rings is 7. The second-order valence-corrected chi connectivity index (χ2v) is 17.3. The number of fused-ring (bicyclic) bond motifs is 9. The number of aromatic nitrogens is 1. The van der Waals surface area contributed by atoms with Gasteiger partial charge in [0.25, 0.3) is 0 Å². The SMILES string of the molecule is C1=CCC(C2=NC(c3ccccc3)NC(c3ccc4sc5cccc(-c6ccc7sc8ccc(-n9c%10ccccc%10c%10ccccc%109)cc8c7c6)c5c4c3)N2)C=C1. The Kier molecular flexibility index (Phi) is 7.58. The molecule has 2 N–H and O–H groups in total. The number of thiophene rings is 2. The van der Waals surface area contributed by atoms with Crippen molar-refractivity contribution in [2.24, 2.45) is 10.9 Å². The number of allylic oxidation sites excluding steroid dienone is 3. The molecule has 10 aromatic rings. The number of rotatable bonds is 5. The first kappa shape index (κ1) is 32.9. The number of hydrogen-bond acceptors (Lipinski definition) is 5. The number of nitrogens with one attached hydrogen (secondary N) is 2. The molecule has 0 bridgehead atoms. The monoisotopic (exact) mass is 768 g/mol.